The number of hydrogen-bond acceptors (Lipinski definition) is 7. The summed E-state index contributed by atoms with van der Waals surface area (Å²) in [5, 5.41) is 14.3. The molecule has 0 bridgehead atoms. The summed E-state index contributed by atoms with van der Waals surface area (Å²) in [6.07, 6.45) is 1.79. The quantitative estimate of drug-likeness (QED) is 0.428. The molecule has 174 valence electrons. The van der Waals surface area contributed by atoms with E-state index in [4.69, 9.17) is 0 Å². The number of aryl methyl sites for hydroxylation is 2. The van der Waals surface area contributed by atoms with E-state index in [2.05, 4.69) is 42.6 Å². The Labute approximate surface area is 194 Å². The summed E-state index contributed by atoms with van der Waals surface area (Å²) >= 11 is 0. The minimum Gasteiger partial charge on any atom is -0.361 e. The second-order valence-corrected chi connectivity index (χ2v) is 9.03. The van der Waals surface area contributed by atoms with Crippen molar-refractivity contribution in [1.82, 2.24) is 29.5 Å². The second kappa shape index (κ2) is 7.17. The molecule has 4 heterocycles. The first kappa shape index (κ1) is 20.5. The van der Waals surface area contributed by atoms with Crippen LogP contribution in [0.3, 0.4) is 0 Å². The van der Waals surface area contributed by atoms with Crippen LogP contribution in [0.4, 0.5) is 22.9 Å². The van der Waals surface area contributed by atoms with Gasteiger partial charge in [-0.1, -0.05) is 6.07 Å². The maximum Gasteiger partial charge on any atom is 0.277 e. The van der Waals surface area contributed by atoms with E-state index in [0.29, 0.717) is 28.4 Å². The van der Waals surface area contributed by atoms with E-state index in [0.717, 1.165) is 35.7 Å². The lowest BCUT2D eigenvalue weighted by molar-refractivity contribution is -0.117. The van der Waals surface area contributed by atoms with Gasteiger partial charge >= 0.3 is 0 Å². The summed E-state index contributed by atoms with van der Waals surface area (Å²) in [7, 11) is 3.66. The van der Waals surface area contributed by atoms with Crippen molar-refractivity contribution in [2.75, 3.05) is 22.6 Å². The van der Waals surface area contributed by atoms with Crippen LogP contribution in [-0.2, 0) is 11.8 Å². The van der Waals surface area contributed by atoms with Gasteiger partial charge < -0.3 is 15.5 Å². The van der Waals surface area contributed by atoms with Crippen molar-refractivity contribution in [2.24, 2.45) is 13.0 Å². The molecule has 11 heteroatoms. The van der Waals surface area contributed by atoms with E-state index in [1.165, 1.54) is 4.68 Å². The van der Waals surface area contributed by atoms with Crippen molar-refractivity contribution in [3.05, 3.63) is 46.3 Å². The molecule has 1 saturated carbocycles. The standard InChI is InChI=1S/C23H25N9O2/c1-11-21-24-12(2)28-32(21)16-7-5-6-14(19(16)30(11)3)25-15-10-17(27-22(33)13-8-9-13)26-20-18(15)23(34)31(4)29-20/h5-7,10-11,13H,8-9H2,1-4H3,(H3,25,26,27,29,33). The Hall–Kier alpha value is -4.15. The van der Waals surface area contributed by atoms with Crippen LogP contribution in [0.15, 0.2) is 29.1 Å². The smallest absolute Gasteiger partial charge is 0.277 e. The van der Waals surface area contributed by atoms with Gasteiger partial charge in [0.1, 0.15) is 17.0 Å². The van der Waals surface area contributed by atoms with Crippen molar-refractivity contribution in [1.29, 1.82) is 0 Å². The average Bonchev–Trinajstić information content (AvgIpc) is 3.52. The Bertz CT molecular complexity index is 1530. The van der Waals surface area contributed by atoms with E-state index < -0.39 is 0 Å². The molecule has 1 aliphatic carbocycles. The van der Waals surface area contributed by atoms with E-state index >= 15 is 0 Å². The van der Waals surface area contributed by atoms with Gasteiger partial charge in [-0.15, -0.1) is 0 Å². The van der Waals surface area contributed by atoms with Gasteiger partial charge in [0.25, 0.3) is 5.56 Å². The Kier molecular flexibility index (Phi) is 4.32. The van der Waals surface area contributed by atoms with Crippen molar-refractivity contribution in [3.63, 3.8) is 0 Å². The number of rotatable bonds is 4. The lowest BCUT2D eigenvalue weighted by Crippen LogP contribution is -2.31. The van der Waals surface area contributed by atoms with E-state index in [1.54, 1.807) is 13.1 Å². The fourth-order valence-corrected chi connectivity index (χ4v) is 4.52. The van der Waals surface area contributed by atoms with Gasteiger partial charge in [-0.25, -0.2) is 14.6 Å². The highest BCUT2D eigenvalue weighted by molar-refractivity contribution is 5.99. The maximum absolute atomic E-state index is 12.9. The highest BCUT2D eigenvalue weighted by atomic mass is 16.2. The predicted octanol–water partition coefficient (Wildman–Crippen LogP) is 2.75. The fraction of sp³-hybridized carbons (Fsp3) is 0.348. The van der Waals surface area contributed by atoms with Crippen LogP contribution in [0, 0.1) is 12.8 Å². The molecule has 1 unspecified atom stereocenters. The number of carbonyl (C=O) groups is 1. The molecule has 0 radical (unpaired) electrons. The van der Waals surface area contributed by atoms with Crippen LogP contribution >= 0.6 is 0 Å². The summed E-state index contributed by atoms with van der Waals surface area (Å²) in [5.41, 5.74) is 3.41. The maximum atomic E-state index is 12.9. The molecular weight excluding hydrogens is 434 g/mol. The molecule has 1 amide bonds. The second-order valence-electron chi connectivity index (χ2n) is 9.03. The third kappa shape index (κ3) is 3.07. The van der Waals surface area contributed by atoms with E-state index in [-0.39, 0.29) is 23.4 Å². The number of aromatic nitrogens is 6. The van der Waals surface area contributed by atoms with Crippen molar-refractivity contribution in [2.45, 2.75) is 32.7 Å². The van der Waals surface area contributed by atoms with Gasteiger partial charge in [0.2, 0.25) is 5.91 Å². The minimum absolute atomic E-state index is 0.00243. The number of hydrogen-bond donors (Lipinski definition) is 3. The van der Waals surface area contributed by atoms with Crippen LogP contribution in [0.5, 0.6) is 0 Å². The molecule has 4 aromatic rings. The molecule has 3 aromatic heterocycles. The molecule has 11 nitrogen and oxygen atoms in total. The van der Waals surface area contributed by atoms with Gasteiger partial charge in [0.05, 0.1) is 28.8 Å². The van der Waals surface area contributed by atoms with Crippen LogP contribution < -0.4 is 21.1 Å². The number of aromatic amines is 1. The third-order valence-corrected chi connectivity index (χ3v) is 6.57. The molecule has 2 aliphatic rings. The Balaban J connectivity index is 1.49. The van der Waals surface area contributed by atoms with Crippen LogP contribution in [0.25, 0.3) is 16.7 Å². The summed E-state index contributed by atoms with van der Waals surface area (Å²) in [6, 6.07) is 7.62. The number of amides is 1. The number of para-hydroxylation sites is 1. The number of benzene rings is 1. The Morgan fingerprint density at radius 1 is 1.18 bits per heavy atom. The molecular formula is C23H25N9O2. The van der Waals surface area contributed by atoms with Gasteiger partial charge in [0.15, 0.2) is 11.5 Å². The van der Waals surface area contributed by atoms with E-state index in [9.17, 15) is 9.59 Å². The number of nitrogens with one attached hydrogen (secondary N) is 3. The third-order valence-electron chi connectivity index (χ3n) is 6.57. The predicted molar refractivity (Wildman–Crippen MR) is 129 cm³/mol. The van der Waals surface area contributed by atoms with Gasteiger partial charge in [-0.3, -0.25) is 19.4 Å². The lowest BCUT2D eigenvalue weighted by atomic mass is 10.1. The highest BCUT2D eigenvalue weighted by Gasteiger charge is 2.32. The lowest BCUT2D eigenvalue weighted by Gasteiger charge is -2.34. The summed E-state index contributed by atoms with van der Waals surface area (Å²) in [5.74, 6) is 1.98. The van der Waals surface area contributed by atoms with Crippen molar-refractivity contribution < 1.29 is 4.79 Å². The Morgan fingerprint density at radius 2 is 1.97 bits per heavy atom. The van der Waals surface area contributed by atoms with Crippen molar-refractivity contribution in [3.8, 4) is 5.69 Å². The molecule has 1 aliphatic heterocycles. The van der Waals surface area contributed by atoms with E-state index in [1.807, 2.05) is 36.9 Å². The molecule has 1 aromatic carbocycles. The Morgan fingerprint density at radius 3 is 2.74 bits per heavy atom. The number of carbonyl (C=O) groups excluding carboxylic acids is 1. The zero-order chi connectivity index (χ0) is 23.7. The van der Waals surface area contributed by atoms with Crippen LogP contribution in [0.1, 0.15) is 37.5 Å². The van der Waals surface area contributed by atoms with Gasteiger partial charge in [-0.2, -0.15) is 5.10 Å². The SMILES string of the molecule is Cc1nc2n(n1)-c1cccc(Nc3cc(NC(=O)C4CC4)nc4[nH]n(C)c(=O)c34)c1N(C)C2C. The molecule has 1 fully saturated rings. The normalized spacial score (nSPS) is 16.9. The van der Waals surface area contributed by atoms with Crippen LogP contribution in [-0.4, -0.2) is 42.5 Å². The molecule has 6 rings (SSSR count). The summed E-state index contributed by atoms with van der Waals surface area (Å²) in [4.78, 5) is 36.5. The first-order chi connectivity index (χ1) is 16.3. The highest BCUT2D eigenvalue weighted by Crippen LogP contribution is 2.42. The monoisotopic (exact) mass is 459 g/mol. The zero-order valence-corrected chi connectivity index (χ0v) is 19.4. The van der Waals surface area contributed by atoms with Gasteiger partial charge in [0, 0.05) is 26.1 Å². The average molecular weight is 460 g/mol. The number of nitrogens with zero attached hydrogens (tertiary/aromatic N) is 6. The van der Waals surface area contributed by atoms with Gasteiger partial charge in [-0.05, 0) is 38.8 Å². The molecule has 0 saturated heterocycles. The first-order valence-electron chi connectivity index (χ1n) is 11.3. The molecule has 34 heavy (non-hydrogen) atoms. The summed E-state index contributed by atoms with van der Waals surface area (Å²) in [6.45, 7) is 3.96. The first-order valence-corrected chi connectivity index (χ1v) is 11.3. The topological polar surface area (TPSA) is 126 Å². The largest absolute Gasteiger partial charge is 0.361 e. The minimum atomic E-state index is -0.203. The fourth-order valence-electron chi connectivity index (χ4n) is 4.52. The molecule has 3 N–H and O–H groups in total. The van der Waals surface area contributed by atoms with Crippen LogP contribution in [0.2, 0.25) is 0 Å². The molecule has 0 spiro atoms. The number of fused-ring (bicyclic) bond motifs is 4. The van der Waals surface area contributed by atoms with Crippen molar-refractivity contribution >= 4 is 39.8 Å². The summed E-state index contributed by atoms with van der Waals surface area (Å²) < 4.78 is 3.26. The zero-order valence-electron chi connectivity index (χ0n) is 19.4. The number of anilines is 4. The number of H-pyrrole nitrogens is 1. The number of pyridine rings is 1. The molecule has 1 atom stereocenters.